The van der Waals surface area contributed by atoms with Crippen molar-refractivity contribution in [1.29, 1.82) is 0 Å². The quantitative estimate of drug-likeness (QED) is 0.731. The van der Waals surface area contributed by atoms with Crippen molar-refractivity contribution in [1.82, 2.24) is 4.90 Å². The van der Waals surface area contributed by atoms with Crippen LogP contribution in [-0.4, -0.2) is 41.9 Å². The van der Waals surface area contributed by atoms with E-state index in [0.717, 1.165) is 4.47 Å². The second kappa shape index (κ2) is 7.50. The maximum absolute atomic E-state index is 13.0. The molecular formula is C20H20BrNO3. The van der Waals surface area contributed by atoms with E-state index < -0.39 is 0 Å². The molecule has 2 aromatic rings. The number of hydrogen-bond acceptors (Lipinski definition) is 3. The average molecular weight is 402 g/mol. The molecule has 130 valence electrons. The van der Waals surface area contributed by atoms with E-state index in [1.165, 1.54) is 0 Å². The first-order chi connectivity index (χ1) is 12.0. The van der Waals surface area contributed by atoms with Gasteiger partial charge < -0.3 is 9.64 Å². The number of carbonyl (C=O) groups is 2. The number of amides is 1. The highest BCUT2D eigenvalue weighted by atomic mass is 79.9. The molecule has 2 atom stereocenters. The third kappa shape index (κ3) is 3.99. The Balaban J connectivity index is 1.91. The van der Waals surface area contributed by atoms with Crippen LogP contribution in [0.2, 0.25) is 0 Å². The van der Waals surface area contributed by atoms with Crippen LogP contribution >= 0.6 is 15.9 Å². The molecule has 1 aliphatic heterocycles. The molecule has 4 nitrogen and oxygen atoms in total. The molecule has 3 rings (SSSR count). The van der Waals surface area contributed by atoms with Gasteiger partial charge in [0, 0.05) is 28.7 Å². The van der Waals surface area contributed by atoms with Gasteiger partial charge in [-0.3, -0.25) is 9.59 Å². The van der Waals surface area contributed by atoms with Crippen LogP contribution < -0.4 is 0 Å². The molecular weight excluding hydrogens is 382 g/mol. The zero-order valence-corrected chi connectivity index (χ0v) is 15.8. The van der Waals surface area contributed by atoms with E-state index in [0.29, 0.717) is 29.8 Å². The van der Waals surface area contributed by atoms with Gasteiger partial charge in [-0.15, -0.1) is 0 Å². The van der Waals surface area contributed by atoms with Gasteiger partial charge in [-0.05, 0) is 44.2 Å². The van der Waals surface area contributed by atoms with Gasteiger partial charge >= 0.3 is 0 Å². The maximum atomic E-state index is 13.0. The molecule has 25 heavy (non-hydrogen) atoms. The van der Waals surface area contributed by atoms with Gasteiger partial charge in [-0.25, -0.2) is 0 Å². The molecule has 0 bridgehead atoms. The first-order valence-electron chi connectivity index (χ1n) is 8.29. The minimum atomic E-state index is -0.147. The lowest BCUT2D eigenvalue weighted by Crippen LogP contribution is -2.48. The number of hydrogen-bond donors (Lipinski definition) is 0. The number of morpholine rings is 1. The molecule has 0 unspecified atom stereocenters. The van der Waals surface area contributed by atoms with E-state index >= 15 is 0 Å². The Hall–Kier alpha value is -1.98. The van der Waals surface area contributed by atoms with E-state index in [9.17, 15) is 9.59 Å². The smallest absolute Gasteiger partial charge is 0.254 e. The summed E-state index contributed by atoms with van der Waals surface area (Å²) in [4.78, 5) is 27.7. The first kappa shape index (κ1) is 17.8. The van der Waals surface area contributed by atoms with Gasteiger partial charge in [0.15, 0.2) is 5.78 Å². The van der Waals surface area contributed by atoms with Crippen molar-refractivity contribution < 1.29 is 14.3 Å². The monoisotopic (exact) mass is 401 g/mol. The zero-order valence-electron chi connectivity index (χ0n) is 14.2. The lowest BCUT2D eigenvalue weighted by Gasteiger charge is -2.35. The van der Waals surface area contributed by atoms with Crippen molar-refractivity contribution in [3.8, 4) is 0 Å². The molecule has 0 radical (unpaired) electrons. The molecule has 5 heteroatoms. The Labute approximate surface area is 155 Å². The second-order valence-corrected chi connectivity index (χ2v) is 7.26. The molecule has 1 amide bonds. The number of ketones is 1. The summed E-state index contributed by atoms with van der Waals surface area (Å²) in [6.07, 6.45) is -0.0240. The molecule has 0 aromatic heterocycles. The molecule has 1 heterocycles. The van der Waals surface area contributed by atoms with Crippen LogP contribution in [-0.2, 0) is 4.74 Å². The number of carbonyl (C=O) groups excluding carboxylic acids is 2. The van der Waals surface area contributed by atoms with Gasteiger partial charge in [0.2, 0.25) is 0 Å². The van der Waals surface area contributed by atoms with Crippen LogP contribution in [0.15, 0.2) is 53.0 Å². The summed E-state index contributed by atoms with van der Waals surface area (Å²) in [6.45, 7) is 4.97. The standard InChI is InChI=1S/C20H20BrNO3/c1-13-11-22(12-14(2)25-13)20(24)18-6-4-3-5-17(18)19(23)15-7-9-16(21)10-8-15/h3-10,13-14H,11-12H2,1-2H3/t13-,14+. The van der Waals surface area contributed by atoms with E-state index in [-0.39, 0.29) is 23.9 Å². The molecule has 2 aromatic carbocycles. The molecule has 1 saturated heterocycles. The number of halogens is 1. The minimum absolute atomic E-state index is 0.0120. The minimum Gasteiger partial charge on any atom is -0.372 e. The highest BCUT2D eigenvalue weighted by Gasteiger charge is 2.28. The average Bonchev–Trinajstić information content (AvgIpc) is 2.60. The van der Waals surface area contributed by atoms with Gasteiger partial charge in [-0.2, -0.15) is 0 Å². The topological polar surface area (TPSA) is 46.6 Å². The lowest BCUT2D eigenvalue weighted by molar-refractivity contribution is -0.0586. The van der Waals surface area contributed by atoms with Crippen molar-refractivity contribution in [2.45, 2.75) is 26.1 Å². The van der Waals surface area contributed by atoms with Gasteiger partial charge in [0.1, 0.15) is 0 Å². The summed E-state index contributed by atoms with van der Waals surface area (Å²) in [5.74, 6) is -0.270. The van der Waals surface area contributed by atoms with Crippen molar-refractivity contribution in [2.24, 2.45) is 0 Å². The highest BCUT2D eigenvalue weighted by Crippen LogP contribution is 2.20. The van der Waals surface area contributed by atoms with Crippen molar-refractivity contribution in [3.63, 3.8) is 0 Å². The van der Waals surface area contributed by atoms with E-state index in [4.69, 9.17) is 4.74 Å². The number of ether oxygens (including phenoxy) is 1. The van der Waals surface area contributed by atoms with Crippen LogP contribution in [0.25, 0.3) is 0 Å². The number of nitrogens with zero attached hydrogens (tertiary/aromatic N) is 1. The van der Waals surface area contributed by atoms with E-state index in [1.807, 2.05) is 26.0 Å². The summed E-state index contributed by atoms with van der Waals surface area (Å²) < 4.78 is 6.60. The Morgan fingerprint density at radius 1 is 0.960 bits per heavy atom. The van der Waals surface area contributed by atoms with Gasteiger partial charge in [0.05, 0.1) is 17.8 Å². The predicted octanol–water partition coefficient (Wildman–Crippen LogP) is 3.93. The van der Waals surface area contributed by atoms with Crippen LogP contribution in [0.1, 0.15) is 40.1 Å². The largest absolute Gasteiger partial charge is 0.372 e. The van der Waals surface area contributed by atoms with Crippen molar-refractivity contribution >= 4 is 27.6 Å². The summed E-state index contributed by atoms with van der Waals surface area (Å²) in [7, 11) is 0. The third-order valence-electron chi connectivity index (χ3n) is 4.22. The normalized spacial score (nSPS) is 20.4. The van der Waals surface area contributed by atoms with Crippen LogP contribution in [0.4, 0.5) is 0 Å². The van der Waals surface area contributed by atoms with Gasteiger partial charge in [-0.1, -0.05) is 34.1 Å². The van der Waals surface area contributed by atoms with Gasteiger partial charge in [0.25, 0.3) is 5.91 Å². The Morgan fingerprint density at radius 3 is 2.12 bits per heavy atom. The maximum Gasteiger partial charge on any atom is 0.254 e. The number of benzene rings is 2. The SMILES string of the molecule is C[C@@H]1CN(C(=O)c2ccccc2C(=O)c2ccc(Br)cc2)C[C@H](C)O1. The summed E-state index contributed by atoms with van der Waals surface area (Å²) in [5.41, 5.74) is 1.44. The summed E-state index contributed by atoms with van der Waals surface area (Å²) in [5, 5.41) is 0. The lowest BCUT2D eigenvalue weighted by atomic mass is 9.97. The second-order valence-electron chi connectivity index (χ2n) is 6.35. The van der Waals surface area contributed by atoms with Crippen LogP contribution in [0, 0.1) is 0 Å². The first-order valence-corrected chi connectivity index (χ1v) is 9.09. The summed E-state index contributed by atoms with van der Waals surface area (Å²) >= 11 is 3.37. The molecule has 0 N–H and O–H groups in total. The fourth-order valence-corrected chi connectivity index (χ4v) is 3.40. The summed E-state index contributed by atoms with van der Waals surface area (Å²) in [6, 6.07) is 14.2. The highest BCUT2D eigenvalue weighted by molar-refractivity contribution is 9.10. The number of rotatable bonds is 3. The third-order valence-corrected chi connectivity index (χ3v) is 4.74. The Bertz CT molecular complexity index is 778. The Kier molecular flexibility index (Phi) is 5.35. The fourth-order valence-electron chi connectivity index (χ4n) is 3.14. The van der Waals surface area contributed by atoms with Crippen molar-refractivity contribution in [3.05, 3.63) is 69.7 Å². The molecule has 1 fully saturated rings. The van der Waals surface area contributed by atoms with E-state index in [1.54, 1.807) is 41.3 Å². The molecule has 0 aliphatic carbocycles. The molecule has 1 aliphatic rings. The van der Waals surface area contributed by atoms with Crippen LogP contribution in [0.3, 0.4) is 0 Å². The van der Waals surface area contributed by atoms with Crippen molar-refractivity contribution in [2.75, 3.05) is 13.1 Å². The zero-order chi connectivity index (χ0) is 18.0. The molecule has 0 spiro atoms. The van der Waals surface area contributed by atoms with Crippen LogP contribution in [0.5, 0.6) is 0 Å². The predicted molar refractivity (Wildman–Crippen MR) is 99.9 cm³/mol. The van der Waals surface area contributed by atoms with E-state index in [2.05, 4.69) is 15.9 Å². The fraction of sp³-hybridized carbons (Fsp3) is 0.300. The Morgan fingerprint density at radius 2 is 1.52 bits per heavy atom. The molecule has 0 saturated carbocycles.